The zero-order valence-corrected chi connectivity index (χ0v) is 11.1. The highest BCUT2D eigenvalue weighted by molar-refractivity contribution is 7.18. The smallest absolute Gasteiger partial charge is 0.171 e. The number of ketones is 1. The van der Waals surface area contributed by atoms with Crippen molar-refractivity contribution in [1.82, 2.24) is 4.98 Å². The first-order valence-electron chi connectivity index (χ1n) is 5.64. The van der Waals surface area contributed by atoms with Crippen molar-refractivity contribution in [2.24, 2.45) is 0 Å². The number of pyridine rings is 1. The normalized spacial score (nSPS) is 12.1. The first-order valence-corrected chi connectivity index (χ1v) is 6.46. The predicted octanol–water partition coefficient (Wildman–Crippen LogP) is 3.10. The summed E-state index contributed by atoms with van der Waals surface area (Å²) in [4.78, 5) is 16.0. The van der Waals surface area contributed by atoms with E-state index >= 15 is 0 Å². The number of nitrogen functional groups attached to an aromatic ring is 1. The standard InChI is InChI=1S/C13H15N3OS/c1-8(10-4-3-5-15-7-10)16-12-6-11(14)13(18-12)9(2)17/h3-8,16H,14H2,1-2H3. The molecular formula is C13H15N3OS. The third kappa shape index (κ3) is 2.68. The van der Waals surface area contributed by atoms with Gasteiger partial charge in [-0.2, -0.15) is 0 Å². The van der Waals surface area contributed by atoms with Gasteiger partial charge in [0.1, 0.15) is 0 Å². The van der Waals surface area contributed by atoms with Gasteiger partial charge in [0, 0.05) is 19.3 Å². The first-order chi connectivity index (χ1) is 8.58. The lowest BCUT2D eigenvalue weighted by Crippen LogP contribution is -2.05. The van der Waals surface area contributed by atoms with Crippen molar-refractivity contribution in [3.8, 4) is 0 Å². The SMILES string of the molecule is CC(=O)c1sc(NC(C)c2cccnc2)cc1N. The van der Waals surface area contributed by atoms with Crippen LogP contribution in [0.2, 0.25) is 0 Å². The van der Waals surface area contributed by atoms with Crippen molar-refractivity contribution in [1.29, 1.82) is 0 Å². The fourth-order valence-electron chi connectivity index (χ4n) is 1.68. The molecule has 0 spiro atoms. The lowest BCUT2D eigenvalue weighted by molar-refractivity contribution is 0.102. The van der Waals surface area contributed by atoms with Gasteiger partial charge in [-0.05, 0) is 24.6 Å². The van der Waals surface area contributed by atoms with Crippen LogP contribution in [0, 0.1) is 0 Å². The average Bonchev–Trinajstić information content (AvgIpc) is 2.71. The highest BCUT2D eigenvalue weighted by atomic mass is 32.1. The van der Waals surface area contributed by atoms with Gasteiger partial charge in [0.2, 0.25) is 0 Å². The minimum atomic E-state index is -0.000388. The maximum Gasteiger partial charge on any atom is 0.171 e. The van der Waals surface area contributed by atoms with Gasteiger partial charge in [-0.25, -0.2) is 0 Å². The molecule has 0 amide bonds. The highest BCUT2D eigenvalue weighted by Crippen LogP contribution is 2.31. The molecule has 0 aromatic carbocycles. The minimum absolute atomic E-state index is 0.000388. The molecular weight excluding hydrogens is 246 g/mol. The van der Waals surface area contributed by atoms with Gasteiger partial charge in [0.25, 0.3) is 0 Å². The summed E-state index contributed by atoms with van der Waals surface area (Å²) in [6.07, 6.45) is 3.56. The third-order valence-electron chi connectivity index (χ3n) is 2.62. The van der Waals surface area contributed by atoms with Crippen molar-refractivity contribution in [2.75, 3.05) is 11.1 Å². The number of aromatic nitrogens is 1. The van der Waals surface area contributed by atoms with Crippen molar-refractivity contribution in [2.45, 2.75) is 19.9 Å². The molecule has 0 aliphatic carbocycles. The Labute approximate surface area is 110 Å². The summed E-state index contributed by atoms with van der Waals surface area (Å²) in [6.45, 7) is 3.57. The Morgan fingerprint density at radius 1 is 1.56 bits per heavy atom. The van der Waals surface area contributed by atoms with Crippen LogP contribution in [0.1, 0.15) is 35.1 Å². The van der Waals surface area contributed by atoms with Crippen LogP contribution in [0.3, 0.4) is 0 Å². The Morgan fingerprint density at radius 2 is 2.33 bits per heavy atom. The second-order valence-corrected chi connectivity index (χ2v) is 5.16. The summed E-state index contributed by atoms with van der Waals surface area (Å²) in [5.41, 5.74) is 7.42. The average molecular weight is 261 g/mol. The molecule has 5 heteroatoms. The van der Waals surface area contributed by atoms with Gasteiger partial charge in [-0.15, -0.1) is 11.3 Å². The Kier molecular flexibility index (Phi) is 3.62. The van der Waals surface area contributed by atoms with Crippen LogP contribution in [-0.4, -0.2) is 10.8 Å². The summed E-state index contributed by atoms with van der Waals surface area (Å²) >= 11 is 1.38. The van der Waals surface area contributed by atoms with Crippen molar-refractivity contribution >= 4 is 27.8 Å². The monoisotopic (exact) mass is 261 g/mol. The molecule has 0 aliphatic heterocycles. The topological polar surface area (TPSA) is 68.0 Å². The molecule has 1 atom stereocenters. The number of hydrogen-bond acceptors (Lipinski definition) is 5. The number of thiophene rings is 1. The maximum absolute atomic E-state index is 11.3. The van der Waals surface area contributed by atoms with Crippen LogP contribution in [0.5, 0.6) is 0 Å². The van der Waals surface area contributed by atoms with E-state index in [4.69, 9.17) is 5.73 Å². The summed E-state index contributed by atoms with van der Waals surface area (Å²) in [7, 11) is 0. The number of hydrogen-bond donors (Lipinski definition) is 2. The zero-order chi connectivity index (χ0) is 13.1. The van der Waals surface area contributed by atoms with Crippen LogP contribution in [0.25, 0.3) is 0 Å². The van der Waals surface area contributed by atoms with Gasteiger partial charge >= 0.3 is 0 Å². The fraction of sp³-hybridized carbons (Fsp3) is 0.231. The van der Waals surface area contributed by atoms with E-state index in [0.29, 0.717) is 10.6 Å². The van der Waals surface area contributed by atoms with Crippen molar-refractivity contribution in [3.05, 3.63) is 41.0 Å². The van der Waals surface area contributed by atoms with Crippen molar-refractivity contribution < 1.29 is 4.79 Å². The summed E-state index contributed by atoms with van der Waals surface area (Å²) < 4.78 is 0. The number of nitrogens with zero attached hydrogens (tertiary/aromatic N) is 1. The molecule has 0 radical (unpaired) electrons. The minimum Gasteiger partial charge on any atom is -0.397 e. The summed E-state index contributed by atoms with van der Waals surface area (Å²) in [6, 6.07) is 5.83. The van der Waals surface area contributed by atoms with E-state index in [1.807, 2.05) is 25.3 Å². The molecule has 18 heavy (non-hydrogen) atoms. The van der Waals surface area contributed by atoms with E-state index in [-0.39, 0.29) is 11.8 Å². The second-order valence-electron chi connectivity index (χ2n) is 4.10. The van der Waals surface area contributed by atoms with E-state index in [2.05, 4.69) is 10.3 Å². The lowest BCUT2D eigenvalue weighted by Gasteiger charge is -2.13. The van der Waals surface area contributed by atoms with Gasteiger partial charge < -0.3 is 11.1 Å². The van der Waals surface area contributed by atoms with E-state index < -0.39 is 0 Å². The second kappa shape index (κ2) is 5.18. The molecule has 3 N–H and O–H groups in total. The van der Waals surface area contributed by atoms with Crippen LogP contribution in [0.4, 0.5) is 10.7 Å². The van der Waals surface area contributed by atoms with Gasteiger partial charge in [0.15, 0.2) is 5.78 Å². The summed E-state index contributed by atoms with van der Waals surface area (Å²) in [5, 5.41) is 4.22. The Hall–Kier alpha value is -1.88. The van der Waals surface area contributed by atoms with Crippen LogP contribution in [0.15, 0.2) is 30.6 Å². The Balaban J connectivity index is 2.15. The molecule has 0 aliphatic rings. The number of rotatable bonds is 4. The van der Waals surface area contributed by atoms with E-state index in [1.54, 1.807) is 12.3 Å². The molecule has 0 bridgehead atoms. The molecule has 2 heterocycles. The molecule has 2 aromatic rings. The molecule has 2 rings (SSSR count). The first kappa shape index (κ1) is 12.6. The van der Waals surface area contributed by atoms with Crippen molar-refractivity contribution in [3.63, 3.8) is 0 Å². The zero-order valence-electron chi connectivity index (χ0n) is 10.3. The summed E-state index contributed by atoms with van der Waals surface area (Å²) in [5.74, 6) is -0.000388. The molecule has 4 nitrogen and oxygen atoms in total. The fourth-order valence-corrected chi connectivity index (χ4v) is 2.64. The van der Waals surface area contributed by atoms with Crippen LogP contribution in [-0.2, 0) is 0 Å². The number of carbonyl (C=O) groups excluding carboxylic acids is 1. The van der Waals surface area contributed by atoms with E-state index in [0.717, 1.165) is 10.6 Å². The Bertz CT molecular complexity index is 551. The van der Waals surface area contributed by atoms with Gasteiger partial charge in [0.05, 0.1) is 21.6 Å². The lowest BCUT2D eigenvalue weighted by atomic mass is 10.1. The number of Topliss-reactive ketones (excluding diaryl/α,β-unsaturated/α-hetero) is 1. The maximum atomic E-state index is 11.3. The van der Waals surface area contributed by atoms with E-state index in [9.17, 15) is 4.79 Å². The van der Waals surface area contributed by atoms with Gasteiger partial charge in [-0.3, -0.25) is 9.78 Å². The van der Waals surface area contributed by atoms with Crippen LogP contribution < -0.4 is 11.1 Å². The van der Waals surface area contributed by atoms with Gasteiger partial charge in [-0.1, -0.05) is 6.07 Å². The molecule has 0 fully saturated rings. The van der Waals surface area contributed by atoms with E-state index in [1.165, 1.54) is 18.3 Å². The predicted molar refractivity (Wildman–Crippen MR) is 75.0 cm³/mol. The molecule has 94 valence electrons. The number of nitrogens with two attached hydrogens (primary N) is 1. The number of nitrogens with one attached hydrogen (secondary N) is 1. The largest absolute Gasteiger partial charge is 0.397 e. The Morgan fingerprint density at radius 3 is 2.89 bits per heavy atom. The van der Waals surface area contributed by atoms with Crippen LogP contribution >= 0.6 is 11.3 Å². The number of carbonyl (C=O) groups is 1. The molecule has 0 saturated carbocycles. The quantitative estimate of drug-likeness (QED) is 0.830. The highest BCUT2D eigenvalue weighted by Gasteiger charge is 2.12. The number of anilines is 2. The third-order valence-corrected chi connectivity index (χ3v) is 3.81. The molecule has 0 saturated heterocycles. The molecule has 2 aromatic heterocycles. The molecule has 1 unspecified atom stereocenters.